The third-order valence-corrected chi connectivity index (χ3v) is 6.94. The molecule has 182 valence electrons. The molecule has 0 saturated carbocycles. The third kappa shape index (κ3) is 7.47. The molecule has 3 aromatic rings. The molecule has 0 unspecified atom stereocenters. The van der Waals surface area contributed by atoms with Gasteiger partial charge in [-0.2, -0.15) is 0 Å². The van der Waals surface area contributed by atoms with Crippen LogP contribution in [-0.2, 0) is 4.79 Å². The number of aromatic nitrogens is 2. The lowest BCUT2D eigenvalue weighted by atomic mass is 10.2. The summed E-state index contributed by atoms with van der Waals surface area (Å²) in [5, 5.41) is 4.95. The van der Waals surface area contributed by atoms with Crippen molar-refractivity contribution in [2.75, 3.05) is 18.8 Å². The number of carbonyl (C=O) groups is 1. The van der Waals surface area contributed by atoms with Crippen LogP contribution in [0.4, 0.5) is 0 Å². The fourth-order valence-corrected chi connectivity index (χ4v) is 5.07. The maximum Gasteiger partial charge on any atom is 0.266 e. The Hall–Kier alpha value is -2.06. The molecule has 0 atom stereocenters. The van der Waals surface area contributed by atoms with E-state index in [9.17, 15) is 9.59 Å². The number of thioether (sulfide) groups is 1. The first-order valence-corrected chi connectivity index (χ1v) is 13.3. The predicted molar refractivity (Wildman–Crippen MR) is 142 cm³/mol. The minimum atomic E-state index is -0.178. The summed E-state index contributed by atoms with van der Waals surface area (Å²) in [4.78, 5) is 30.1. The minimum absolute atomic E-state index is 0.0810. The van der Waals surface area contributed by atoms with Gasteiger partial charge in [-0.3, -0.25) is 14.2 Å². The molecule has 3 N–H and O–H groups in total. The Kier molecular flexibility index (Phi) is 10.7. The summed E-state index contributed by atoms with van der Waals surface area (Å²) in [6.45, 7) is 1.44. The Balaban J connectivity index is 1.60. The summed E-state index contributed by atoms with van der Waals surface area (Å²) in [5.74, 6) is 0.806. The number of hydrogen-bond acceptors (Lipinski definition) is 5. The fourth-order valence-electron chi connectivity index (χ4n) is 3.57. The zero-order valence-electron chi connectivity index (χ0n) is 19.1. The number of nitrogens with two attached hydrogens (primary N) is 1. The average molecular weight is 522 g/mol. The molecule has 0 bridgehead atoms. The second-order valence-corrected chi connectivity index (χ2v) is 9.91. The van der Waals surface area contributed by atoms with Gasteiger partial charge in [0, 0.05) is 23.7 Å². The van der Waals surface area contributed by atoms with E-state index in [0.29, 0.717) is 44.8 Å². The Bertz CT molecular complexity index is 1170. The predicted octanol–water partition coefficient (Wildman–Crippen LogP) is 5.59. The van der Waals surface area contributed by atoms with Crippen LogP contribution < -0.4 is 16.6 Å². The maximum absolute atomic E-state index is 13.3. The summed E-state index contributed by atoms with van der Waals surface area (Å²) in [7, 11) is 0. The Morgan fingerprint density at radius 1 is 1.03 bits per heavy atom. The van der Waals surface area contributed by atoms with Gasteiger partial charge in [-0.25, -0.2) is 4.98 Å². The number of carbonyl (C=O) groups excluding carboxylic acids is 1. The molecule has 1 amide bonds. The molecule has 0 saturated heterocycles. The van der Waals surface area contributed by atoms with Crippen LogP contribution >= 0.6 is 35.0 Å². The lowest BCUT2D eigenvalue weighted by molar-refractivity contribution is -0.121. The van der Waals surface area contributed by atoms with Crippen molar-refractivity contribution in [1.29, 1.82) is 0 Å². The van der Waals surface area contributed by atoms with Crippen LogP contribution in [0.5, 0.6) is 0 Å². The highest BCUT2D eigenvalue weighted by molar-refractivity contribution is 7.99. The average Bonchev–Trinajstić information content (AvgIpc) is 2.82. The molecule has 34 heavy (non-hydrogen) atoms. The van der Waals surface area contributed by atoms with Crippen molar-refractivity contribution in [2.24, 2.45) is 5.73 Å². The zero-order chi connectivity index (χ0) is 24.3. The lowest BCUT2D eigenvalue weighted by Crippen LogP contribution is -2.24. The summed E-state index contributed by atoms with van der Waals surface area (Å²) >= 11 is 14.0. The van der Waals surface area contributed by atoms with E-state index in [4.69, 9.17) is 33.9 Å². The molecule has 2 aromatic carbocycles. The second kappa shape index (κ2) is 13.7. The molecule has 0 spiro atoms. The number of halogens is 2. The lowest BCUT2D eigenvalue weighted by Gasteiger charge is -2.14. The van der Waals surface area contributed by atoms with Crippen molar-refractivity contribution in [3.8, 4) is 5.69 Å². The highest BCUT2D eigenvalue weighted by atomic mass is 35.5. The quantitative estimate of drug-likeness (QED) is 0.174. The normalized spacial score (nSPS) is 11.1. The van der Waals surface area contributed by atoms with Crippen LogP contribution in [0.15, 0.2) is 52.4 Å². The topological polar surface area (TPSA) is 90.0 Å². The molecule has 1 heterocycles. The number of nitrogens with one attached hydrogen (secondary N) is 1. The first kappa shape index (κ1) is 26.5. The van der Waals surface area contributed by atoms with Crippen molar-refractivity contribution in [3.63, 3.8) is 0 Å². The monoisotopic (exact) mass is 520 g/mol. The first-order chi connectivity index (χ1) is 16.5. The molecule has 6 nitrogen and oxygen atoms in total. The Labute approximate surface area is 214 Å². The molecule has 0 aliphatic carbocycles. The number of hydrogen-bond donors (Lipinski definition) is 2. The van der Waals surface area contributed by atoms with E-state index >= 15 is 0 Å². The molecule has 3 rings (SSSR count). The van der Waals surface area contributed by atoms with Gasteiger partial charge < -0.3 is 11.1 Å². The first-order valence-electron chi connectivity index (χ1n) is 11.6. The second-order valence-electron chi connectivity index (χ2n) is 8.01. The van der Waals surface area contributed by atoms with Gasteiger partial charge in [0.2, 0.25) is 5.91 Å². The number of rotatable bonds is 13. The smallest absolute Gasteiger partial charge is 0.266 e. The van der Waals surface area contributed by atoms with Gasteiger partial charge in [0.1, 0.15) is 0 Å². The van der Waals surface area contributed by atoms with Crippen LogP contribution in [-0.4, -0.2) is 34.3 Å². The number of amides is 1. The van der Waals surface area contributed by atoms with Gasteiger partial charge in [-0.1, -0.05) is 59.9 Å². The summed E-state index contributed by atoms with van der Waals surface area (Å²) in [6, 6.07) is 12.3. The summed E-state index contributed by atoms with van der Waals surface area (Å²) in [6.07, 6.45) is 6.31. The summed E-state index contributed by atoms with van der Waals surface area (Å²) in [5.41, 5.74) is 6.49. The van der Waals surface area contributed by atoms with E-state index < -0.39 is 0 Å². The van der Waals surface area contributed by atoms with Crippen LogP contribution in [0.3, 0.4) is 0 Å². The van der Waals surface area contributed by atoms with E-state index in [0.717, 1.165) is 50.8 Å². The number of fused-ring (bicyclic) bond motifs is 1. The molecular formula is C25H30Cl2N4O2S. The van der Waals surface area contributed by atoms with Gasteiger partial charge in [0.15, 0.2) is 5.16 Å². The standard InChI is InChI=1S/C25H30Cl2N4O2S/c26-18-12-13-22(20(27)17-18)31-24(33)19-9-3-4-10-21(19)30-25(31)34-16-8-5-11-23(32)29-15-7-2-1-6-14-28/h3-4,9-10,12-13,17H,1-2,5-8,11,14-16,28H2,(H,29,32). The van der Waals surface area contributed by atoms with Crippen molar-refractivity contribution in [1.82, 2.24) is 14.9 Å². The molecule has 9 heteroatoms. The van der Waals surface area contributed by atoms with E-state index in [1.165, 1.54) is 11.8 Å². The van der Waals surface area contributed by atoms with Crippen molar-refractivity contribution < 1.29 is 4.79 Å². The van der Waals surface area contributed by atoms with Gasteiger partial charge in [-0.15, -0.1) is 0 Å². The van der Waals surface area contributed by atoms with E-state index in [-0.39, 0.29) is 11.5 Å². The molecule has 1 aromatic heterocycles. The highest BCUT2D eigenvalue weighted by Crippen LogP contribution is 2.28. The Morgan fingerprint density at radius 3 is 2.62 bits per heavy atom. The van der Waals surface area contributed by atoms with Gasteiger partial charge >= 0.3 is 0 Å². The SMILES string of the molecule is NCCCCCCNC(=O)CCCCSc1nc2ccccc2c(=O)n1-c1ccc(Cl)cc1Cl. The molecule has 0 fully saturated rings. The zero-order valence-corrected chi connectivity index (χ0v) is 21.4. The van der Waals surface area contributed by atoms with E-state index in [1.54, 1.807) is 28.8 Å². The van der Waals surface area contributed by atoms with Gasteiger partial charge in [-0.05, 0) is 62.6 Å². The van der Waals surface area contributed by atoms with Gasteiger partial charge in [0.05, 0.1) is 21.6 Å². The van der Waals surface area contributed by atoms with Crippen LogP contribution in [0.1, 0.15) is 44.9 Å². The molecular weight excluding hydrogens is 491 g/mol. The van der Waals surface area contributed by atoms with Crippen molar-refractivity contribution in [2.45, 2.75) is 50.1 Å². The summed E-state index contributed by atoms with van der Waals surface area (Å²) < 4.78 is 1.54. The Morgan fingerprint density at radius 2 is 1.82 bits per heavy atom. The number of para-hydroxylation sites is 1. The third-order valence-electron chi connectivity index (χ3n) is 5.38. The van der Waals surface area contributed by atoms with Gasteiger partial charge in [0.25, 0.3) is 5.56 Å². The van der Waals surface area contributed by atoms with E-state index in [1.807, 2.05) is 18.2 Å². The van der Waals surface area contributed by atoms with Crippen LogP contribution in [0.25, 0.3) is 16.6 Å². The number of nitrogens with zero attached hydrogens (tertiary/aromatic N) is 2. The van der Waals surface area contributed by atoms with Crippen molar-refractivity contribution in [3.05, 3.63) is 62.9 Å². The highest BCUT2D eigenvalue weighted by Gasteiger charge is 2.15. The maximum atomic E-state index is 13.3. The van der Waals surface area contributed by atoms with Crippen molar-refractivity contribution >= 4 is 51.8 Å². The number of benzene rings is 2. The van der Waals surface area contributed by atoms with Crippen LogP contribution in [0, 0.1) is 0 Å². The largest absolute Gasteiger partial charge is 0.356 e. The molecule has 0 aliphatic heterocycles. The van der Waals surface area contributed by atoms with Crippen LogP contribution in [0.2, 0.25) is 10.0 Å². The minimum Gasteiger partial charge on any atom is -0.356 e. The number of unbranched alkanes of at least 4 members (excludes halogenated alkanes) is 4. The fraction of sp³-hybridized carbons (Fsp3) is 0.400. The molecule has 0 aliphatic rings. The van der Waals surface area contributed by atoms with E-state index in [2.05, 4.69) is 5.32 Å². The molecule has 0 radical (unpaired) electrons.